The maximum Gasteiger partial charge on any atom is 0.241 e. The average molecular weight is 374 g/mol. The molecule has 1 saturated heterocycles. The first kappa shape index (κ1) is 18.4. The van der Waals surface area contributed by atoms with Crippen molar-refractivity contribution in [1.29, 1.82) is 0 Å². The van der Waals surface area contributed by atoms with E-state index in [0.29, 0.717) is 5.02 Å². The Kier molecular flexibility index (Phi) is 5.89. The molecule has 0 unspecified atom stereocenters. The number of benzene rings is 2. The maximum absolute atomic E-state index is 12.5. The van der Waals surface area contributed by atoms with Crippen LogP contribution < -0.4 is 15.0 Å². The van der Waals surface area contributed by atoms with E-state index >= 15 is 0 Å². The van der Waals surface area contributed by atoms with Crippen molar-refractivity contribution in [3.63, 3.8) is 0 Å². The van der Waals surface area contributed by atoms with Crippen molar-refractivity contribution in [2.45, 2.75) is 6.92 Å². The minimum absolute atomic E-state index is 0.110. The lowest BCUT2D eigenvalue weighted by atomic mass is 10.2. The van der Waals surface area contributed by atoms with Gasteiger partial charge in [0, 0.05) is 42.6 Å². The van der Waals surface area contributed by atoms with Crippen molar-refractivity contribution < 1.29 is 9.53 Å². The quantitative estimate of drug-likeness (QED) is 0.872. The minimum atomic E-state index is 0.110. The van der Waals surface area contributed by atoms with E-state index in [-0.39, 0.29) is 12.5 Å². The largest absolute Gasteiger partial charge is 0.497 e. The van der Waals surface area contributed by atoms with Gasteiger partial charge in [0.15, 0.2) is 0 Å². The van der Waals surface area contributed by atoms with Gasteiger partial charge in [0.05, 0.1) is 13.7 Å². The second-order valence-corrected chi connectivity index (χ2v) is 6.82. The Hall–Kier alpha value is -2.40. The lowest BCUT2D eigenvalue weighted by Crippen LogP contribution is -2.50. The fraction of sp³-hybridized carbons (Fsp3) is 0.350. The minimum Gasteiger partial charge on any atom is -0.497 e. The first-order valence-corrected chi connectivity index (χ1v) is 9.11. The SMILES string of the molecule is COc1ccc(N2CCN(C(=O)CNc3cc(Cl)ccc3C)CC2)cc1. The molecule has 1 aliphatic rings. The Morgan fingerprint density at radius 3 is 2.46 bits per heavy atom. The second kappa shape index (κ2) is 8.32. The number of amides is 1. The molecule has 26 heavy (non-hydrogen) atoms. The van der Waals surface area contributed by atoms with E-state index in [1.165, 1.54) is 0 Å². The first-order valence-electron chi connectivity index (χ1n) is 8.73. The molecule has 0 saturated carbocycles. The van der Waals surface area contributed by atoms with Gasteiger partial charge in [0.2, 0.25) is 5.91 Å². The highest BCUT2D eigenvalue weighted by atomic mass is 35.5. The van der Waals surface area contributed by atoms with Gasteiger partial charge in [0.25, 0.3) is 0 Å². The third-order valence-electron chi connectivity index (χ3n) is 4.70. The molecule has 6 heteroatoms. The van der Waals surface area contributed by atoms with Crippen LogP contribution >= 0.6 is 11.6 Å². The molecule has 0 aliphatic carbocycles. The number of hydrogen-bond donors (Lipinski definition) is 1. The summed E-state index contributed by atoms with van der Waals surface area (Å²) in [5.74, 6) is 0.962. The maximum atomic E-state index is 12.5. The zero-order valence-corrected chi connectivity index (χ0v) is 15.9. The number of halogens is 1. The topological polar surface area (TPSA) is 44.8 Å². The lowest BCUT2D eigenvalue weighted by Gasteiger charge is -2.36. The van der Waals surface area contributed by atoms with Crippen LogP contribution in [0.2, 0.25) is 5.02 Å². The fourth-order valence-corrected chi connectivity index (χ4v) is 3.25. The Bertz CT molecular complexity index is 756. The number of aryl methyl sites for hydroxylation is 1. The molecule has 1 heterocycles. The van der Waals surface area contributed by atoms with Gasteiger partial charge in [-0.2, -0.15) is 0 Å². The Labute approximate surface area is 159 Å². The lowest BCUT2D eigenvalue weighted by molar-refractivity contribution is -0.129. The molecule has 2 aromatic rings. The zero-order valence-electron chi connectivity index (χ0n) is 15.2. The Balaban J connectivity index is 1.50. The molecular formula is C20H24ClN3O2. The monoisotopic (exact) mass is 373 g/mol. The molecule has 5 nitrogen and oxygen atoms in total. The summed E-state index contributed by atoms with van der Waals surface area (Å²) in [7, 11) is 1.66. The number of carbonyl (C=O) groups is 1. The third kappa shape index (κ3) is 4.41. The Morgan fingerprint density at radius 2 is 1.81 bits per heavy atom. The van der Waals surface area contributed by atoms with Gasteiger partial charge in [0.1, 0.15) is 5.75 Å². The normalized spacial score (nSPS) is 14.3. The smallest absolute Gasteiger partial charge is 0.241 e. The van der Waals surface area contributed by atoms with E-state index < -0.39 is 0 Å². The van der Waals surface area contributed by atoms with Crippen LogP contribution in [-0.2, 0) is 4.79 Å². The number of methoxy groups -OCH3 is 1. The summed E-state index contributed by atoms with van der Waals surface area (Å²) in [5, 5.41) is 3.87. The molecule has 0 spiro atoms. The van der Waals surface area contributed by atoms with Crippen LogP contribution in [0.25, 0.3) is 0 Å². The van der Waals surface area contributed by atoms with E-state index in [1.807, 2.05) is 42.2 Å². The van der Waals surface area contributed by atoms with Gasteiger partial charge < -0.3 is 19.9 Å². The predicted molar refractivity (Wildman–Crippen MR) is 106 cm³/mol. The summed E-state index contributed by atoms with van der Waals surface area (Å²) in [6, 6.07) is 13.7. The zero-order chi connectivity index (χ0) is 18.5. The van der Waals surface area contributed by atoms with Crippen LogP contribution in [0.15, 0.2) is 42.5 Å². The standard InChI is InChI=1S/C20H24ClN3O2/c1-15-3-4-16(21)13-19(15)22-14-20(25)24-11-9-23(10-12-24)17-5-7-18(26-2)8-6-17/h3-8,13,22H,9-12,14H2,1-2H3. The molecule has 0 bridgehead atoms. The van der Waals surface area contributed by atoms with E-state index in [4.69, 9.17) is 16.3 Å². The van der Waals surface area contributed by atoms with Gasteiger partial charge in [-0.25, -0.2) is 0 Å². The van der Waals surface area contributed by atoms with Crippen molar-refractivity contribution >= 4 is 28.9 Å². The van der Waals surface area contributed by atoms with Gasteiger partial charge in [-0.05, 0) is 48.9 Å². The molecule has 0 radical (unpaired) electrons. The van der Waals surface area contributed by atoms with Crippen LogP contribution in [0.5, 0.6) is 5.75 Å². The van der Waals surface area contributed by atoms with Crippen LogP contribution in [-0.4, -0.2) is 50.6 Å². The molecule has 0 aromatic heterocycles. The number of piperazine rings is 1. The molecule has 1 fully saturated rings. The molecular weight excluding hydrogens is 350 g/mol. The van der Waals surface area contributed by atoms with Crippen molar-refractivity contribution in [3.05, 3.63) is 53.1 Å². The summed E-state index contributed by atoms with van der Waals surface area (Å²) in [5.41, 5.74) is 3.14. The van der Waals surface area contributed by atoms with Crippen LogP contribution in [0.1, 0.15) is 5.56 Å². The van der Waals surface area contributed by atoms with Gasteiger partial charge >= 0.3 is 0 Å². The van der Waals surface area contributed by atoms with Crippen LogP contribution in [0.3, 0.4) is 0 Å². The van der Waals surface area contributed by atoms with E-state index in [9.17, 15) is 4.79 Å². The predicted octanol–water partition coefficient (Wildman–Crippen LogP) is 3.42. The number of rotatable bonds is 5. The molecule has 138 valence electrons. The number of hydrogen-bond acceptors (Lipinski definition) is 4. The third-order valence-corrected chi connectivity index (χ3v) is 4.93. The van der Waals surface area contributed by atoms with E-state index in [0.717, 1.165) is 48.9 Å². The summed E-state index contributed by atoms with van der Waals surface area (Å²) < 4.78 is 5.20. The highest BCUT2D eigenvalue weighted by molar-refractivity contribution is 6.30. The number of ether oxygens (including phenoxy) is 1. The van der Waals surface area contributed by atoms with Crippen molar-refractivity contribution in [1.82, 2.24) is 4.90 Å². The molecule has 3 rings (SSSR count). The van der Waals surface area contributed by atoms with Crippen LogP contribution in [0, 0.1) is 6.92 Å². The molecule has 0 atom stereocenters. The van der Waals surface area contributed by atoms with E-state index in [2.05, 4.69) is 22.3 Å². The number of carbonyl (C=O) groups excluding carboxylic acids is 1. The molecule has 1 aliphatic heterocycles. The highest BCUT2D eigenvalue weighted by Crippen LogP contribution is 2.21. The summed E-state index contributed by atoms with van der Waals surface area (Å²) in [6.07, 6.45) is 0. The molecule has 2 aromatic carbocycles. The van der Waals surface area contributed by atoms with Crippen molar-refractivity contribution in [2.75, 3.05) is 50.1 Å². The second-order valence-electron chi connectivity index (χ2n) is 6.38. The number of nitrogens with zero attached hydrogens (tertiary/aromatic N) is 2. The first-order chi connectivity index (χ1) is 12.6. The fourth-order valence-electron chi connectivity index (χ4n) is 3.07. The molecule has 1 N–H and O–H groups in total. The van der Waals surface area contributed by atoms with Crippen molar-refractivity contribution in [3.8, 4) is 5.75 Å². The van der Waals surface area contributed by atoms with E-state index in [1.54, 1.807) is 7.11 Å². The number of nitrogens with one attached hydrogen (secondary N) is 1. The van der Waals surface area contributed by atoms with Crippen LogP contribution in [0.4, 0.5) is 11.4 Å². The molecule has 1 amide bonds. The summed E-state index contributed by atoms with van der Waals surface area (Å²) in [6.45, 7) is 5.38. The summed E-state index contributed by atoms with van der Waals surface area (Å²) >= 11 is 6.03. The highest BCUT2D eigenvalue weighted by Gasteiger charge is 2.21. The van der Waals surface area contributed by atoms with Gasteiger partial charge in [-0.1, -0.05) is 17.7 Å². The van der Waals surface area contributed by atoms with Gasteiger partial charge in [-0.3, -0.25) is 4.79 Å². The Morgan fingerprint density at radius 1 is 1.12 bits per heavy atom. The average Bonchev–Trinajstić information content (AvgIpc) is 2.68. The number of anilines is 2. The summed E-state index contributed by atoms with van der Waals surface area (Å²) in [4.78, 5) is 16.7. The van der Waals surface area contributed by atoms with Crippen molar-refractivity contribution in [2.24, 2.45) is 0 Å². The van der Waals surface area contributed by atoms with Gasteiger partial charge in [-0.15, -0.1) is 0 Å².